The Morgan fingerprint density at radius 3 is 2.89 bits per heavy atom. The maximum absolute atomic E-state index is 6.32. The summed E-state index contributed by atoms with van der Waals surface area (Å²) in [5.41, 5.74) is 10.1. The number of anilines is 1. The molecule has 1 aromatic heterocycles. The summed E-state index contributed by atoms with van der Waals surface area (Å²) in [5.74, 6) is 1.47. The molecule has 2 N–H and O–H groups in total. The van der Waals surface area contributed by atoms with E-state index in [9.17, 15) is 0 Å². The molecule has 3 rings (SSSR count). The van der Waals surface area contributed by atoms with Gasteiger partial charge in [-0.2, -0.15) is 5.10 Å². The first-order valence-electron chi connectivity index (χ1n) is 6.32. The molecule has 100 valence electrons. The van der Waals surface area contributed by atoms with Crippen molar-refractivity contribution in [1.29, 1.82) is 0 Å². The molecule has 0 aliphatic carbocycles. The maximum atomic E-state index is 6.32. The highest BCUT2D eigenvalue weighted by Gasteiger charge is 2.20. The number of benzene rings is 1. The van der Waals surface area contributed by atoms with Gasteiger partial charge in [-0.3, -0.25) is 4.68 Å². The number of ether oxygens (including phenoxy) is 1. The van der Waals surface area contributed by atoms with Gasteiger partial charge in [-0.15, -0.1) is 0 Å². The Morgan fingerprint density at radius 2 is 2.21 bits per heavy atom. The predicted molar refractivity (Wildman–Crippen MR) is 76.6 cm³/mol. The molecular formula is C14H16ClN3O. The second-order valence-electron chi connectivity index (χ2n) is 4.87. The van der Waals surface area contributed by atoms with Gasteiger partial charge in [-0.05, 0) is 37.0 Å². The van der Waals surface area contributed by atoms with Crippen molar-refractivity contribution in [2.45, 2.75) is 19.8 Å². The largest absolute Gasteiger partial charge is 0.492 e. The van der Waals surface area contributed by atoms with Gasteiger partial charge < -0.3 is 10.5 Å². The number of halogens is 1. The smallest absolute Gasteiger partial charge is 0.141 e. The summed E-state index contributed by atoms with van der Waals surface area (Å²) in [6.07, 6.45) is 2.02. The van der Waals surface area contributed by atoms with Gasteiger partial charge in [-0.25, -0.2) is 0 Å². The normalized spacial score (nSPS) is 14.1. The quantitative estimate of drug-likeness (QED) is 0.872. The first-order valence-corrected chi connectivity index (χ1v) is 6.70. The van der Waals surface area contributed by atoms with Crippen LogP contribution >= 0.6 is 11.6 Å². The van der Waals surface area contributed by atoms with Crippen molar-refractivity contribution in [2.24, 2.45) is 7.05 Å². The highest BCUT2D eigenvalue weighted by atomic mass is 35.5. The van der Waals surface area contributed by atoms with E-state index in [0.717, 1.165) is 36.5 Å². The number of nitrogen functional groups attached to an aromatic ring is 1. The molecule has 2 aromatic rings. The molecule has 0 fully saturated rings. The van der Waals surface area contributed by atoms with Crippen LogP contribution in [0, 0.1) is 6.92 Å². The molecule has 0 saturated carbocycles. The zero-order chi connectivity index (χ0) is 13.6. The molecule has 1 aliphatic rings. The van der Waals surface area contributed by atoms with Crippen LogP contribution in [0.2, 0.25) is 5.02 Å². The first-order chi connectivity index (χ1) is 9.08. The van der Waals surface area contributed by atoms with Gasteiger partial charge in [0.1, 0.15) is 11.6 Å². The molecule has 0 amide bonds. The van der Waals surface area contributed by atoms with Gasteiger partial charge in [0.15, 0.2) is 0 Å². The molecule has 0 bridgehead atoms. The van der Waals surface area contributed by atoms with Crippen LogP contribution < -0.4 is 10.5 Å². The first kappa shape index (κ1) is 12.4. The molecule has 19 heavy (non-hydrogen) atoms. The van der Waals surface area contributed by atoms with Crippen molar-refractivity contribution >= 4 is 17.4 Å². The average Bonchev–Trinajstić information content (AvgIpc) is 2.74. The lowest BCUT2D eigenvalue weighted by Gasteiger charge is -2.22. The lowest BCUT2D eigenvalue weighted by Crippen LogP contribution is -2.11. The van der Waals surface area contributed by atoms with Crippen molar-refractivity contribution in [1.82, 2.24) is 9.78 Å². The van der Waals surface area contributed by atoms with Crippen molar-refractivity contribution < 1.29 is 4.74 Å². The summed E-state index contributed by atoms with van der Waals surface area (Å²) in [5, 5.41) is 5.08. The molecule has 5 heteroatoms. The van der Waals surface area contributed by atoms with Crippen LogP contribution in [-0.4, -0.2) is 16.4 Å². The van der Waals surface area contributed by atoms with Crippen molar-refractivity contribution in [3.8, 4) is 17.0 Å². The van der Waals surface area contributed by atoms with Gasteiger partial charge in [0.05, 0.1) is 17.3 Å². The number of aryl methyl sites for hydroxylation is 1. The van der Waals surface area contributed by atoms with E-state index in [2.05, 4.69) is 12.0 Å². The summed E-state index contributed by atoms with van der Waals surface area (Å²) in [6, 6.07) is 3.79. The molecule has 2 heterocycles. The fourth-order valence-corrected chi connectivity index (χ4v) is 2.81. The zero-order valence-electron chi connectivity index (χ0n) is 11.0. The van der Waals surface area contributed by atoms with E-state index in [1.807, 2.05) is 19.2 Å². The molecule has 4 nitrogen and oxygen atoms in total. The third-order valence-corrected chi connectivity index (χ3v) is 3.91. The molecule has 0 unspecified atom stereocenters. The number of nitrogens with zero attached hydrogens (tertiary/aromatic N) is 2. The SMILES string of the molecule is Cc1c(-c2cc(N)n(C)n2)cc(Cl)c2c1CCCO2. The van der Waals surface area contributed by atoms with Crippen molar-refractivity contribution in [2.75, 3.05) is 12.3 Å². The summed E-state index contributed by atoms with van der Waals surface area (Å²) in [6.45, 7) is 2.83. The van der Waals surface area contributed by atoms with E-state index in [1.54, 1.807) is 4.68 Å². The fraction of sp³-hybridized carbons (Fsp3) is 0.357. The highest BCUT2D eigenvalue weighted by Crippen LogP contribution is 2.40. The average molecular weight is 278 g/mol. The minimum Gasteiger partial charge on any atom is -0.492 e. The van der Waals surface area contributed by atoms with E-state index in [0.29, 0.717) is 10.8 Å². The molecule has 1 aliphatic heterocycles. The fourth-order valence-electron chi connectivity index (χ4n) is 2.54. The zero-order valence-corrected chi connectivity index (χ0v) is 11.8. The van der Waals surface area contributed by atoms with Gasteiger partial charge in [0.25, 0.3) is 0 Å². The van der Waals surface area contributed by atoms with Gasteiger partial charge in [-0.1, -0.05) is 11.6 Å². The predicted octanol–water partition coefficient (Wildman–Crippen LogP) is 2.96. The minimum atomic E-state index is 0.638. The molecule has 1 aromatic carbocycles. The van der Waals surface area contributed by atoms with Crippen LogP contribution in [0.25, 0.3) is 11.3 Å². The van der Waals surface area contributed by atoms with Crippen molar-refractivity contribution in [3.63, 3.8) is 0 Å². The molecule has 0 atom stereocenters. The Bertz CT molecular complexity index is 629. The highest BCUT2D eigenvalue weighted by molar-refractivity contribution is 6.32. The summed E-state index contributed by atoms with van der Waals surface area (Å²) < 4.78 is 7.34. The second-order valence-corrected chi connectivity index (χ2v) is 5.28. The van der Waals surface area contributed by atoms with E-state index in [-0.39, 0.29) is 0 Å². The Labute approximate surface area is 117 Å². The summed E-state index contributed by atoms with van der Waals surface area (Å²) >= 11 is 6.32. The maximum Gasteiger partial charge on any atom is 0.141 e. The minimum absolute atomic E-state index is 0.638. The lowest BCUT2D eigenvalue weighted by molar-refractivity contribution is 0.288. The van der Waals surface area contributed by atoms with E-state index in [1.165, 1.54) is 11.1 Å². The van der Waals surface area contributed by atoms with Crippen LogP contribution in [0.5, 0.6) is 5.75 Å². The number of hydrogen-bond acceptors (Lipinski definition) is 3. The van der Waals surface area contributed by atoms with Crippen LogP contribution in [0.3, 0.4) is 0 Å². The summed E-state index contributed by atoms with van der Waals surface area (Å²) in [7, 11) is 1.83. The molecule has 0 saturated heterocycles. The Morgan fingerprint density at radius 1 is 1.42 bits per heavy atom. The summed E-state index contributed by atoms with van der Waals surface area (Å²) in [4.78, 5) is 0. The van der Waals surface area contributed by atoms with E-state index >= 15 is 0 Å². The van der Waals surface area contributed by atoms with Crippen LogP contribution in [-0.2, 0) is 13.5 Å². The van der Waals surface area contributed by atoms with E-state index < -0.39 is 0 Å². The molecule has 0 radical (unpaired) electrons. The van der Waals surface area contributed by atoms with Crippen LogP contribution in [0.1, 0.15) is 17.5 Å². The topological polar surface area (TPSA) is 53.1 Å². The Balaban J connectivity index is 2.19. The van der Waals surface area contributed by atoms with Crippen LogP contribution in [0.4, 0.5) is 5.82 Å². The standard InChI is InChI=1S/C14H16ClN3O/c1-8-9-4-3-5-19-14(9)11(15)6-10(8)12-7-13(16)18(2)17-12/h6-7H,3-5,16H2,1-2H3. The number of rotatable bonds is 1. The number of nitrogens with two attached hydrogens (primary N) is 1. The monoisotopic (exact) mass is 277 g/mol. The Kier molecular flexibility index (Phi) is 2.90. The molecular weight excluding hydrogens is 262 g/mol. The lowest BCUT2D eigenvalue weighted by atomic mass is 9.95. The molecule has 0 spiro atoms. The third-order valence-electron chi connectivity index (χ3n) is 3.63. The Hall–Kier alpha value is -1.68. The number of hydrogen-bond donors (Lipinski definition) is 1. The second kappa shape index (κ2) is 4.46. The van der Waals surface area contributed by atoms with Gasteiger partial charge >= 0.3 is 0 Å². The number of fused-ring (bicyclic) bond motifs is 1. The van der Waals surface area contributed by atoms with E-state index in [4.69, 9.17) is 22.1 Å². The van der Waals surface area contributed by atoms with Crippen LogP contribution in [0.15, 0.2) is 12.1 Å². The van der Waals surface area contributed by atoms with Gasteiger partial charge in [0.2, 0.25) is 0 Å². The third kappa shape index (κ3) is 1.96. The number of aromatic nitrogens is 2. The van der Waals surface area contributed by atoms with Gasteiger partial charge in [0, 0.05) is 18.7 Å². The van der Waals surface area contributed by atoms with Crippen molar-refractivity contribution in [3.05, 3.63) is 28.3 Å².